The molecule has 0 radical (unpaired) electrons. The topological polar surface area (TPSA) is 36.9 Å². The highest BCUT2D eigenvalue weighted by molar-refractivity contribution is 6.20. The predicted molar refractivity (Wildman–Crippen MR) is 93.3 cm³/mol. The standard InChI is InChI=1S/C18H23BO4/c1-11-7-15(8-12(2)17(11)20-5)22-19-23-16-9-13(3)18(21-6)14(4)10-16/h7-10,19H,1-6H3. The number of aryl methyl sites for hydroxylation is 4. The Kier molecular flexibility index (Phi) is 5.43. The van der Waals surface area contributed by atoms with E-state index in [1.165, 1.54) is 0 Å². The van der Waals surface area contributed by atoms with Gasteiger partial charge in [0.1, 0.15) is 23.0 Å². The molecule has 122 valence electrons. The minimum Gasteiger partial charge on any atom is -0.529 e. The number of hydrogen-bond donors (Lipinski definition) is 0. The van der Waals surface area contributed by atoms with Crippen LogP contribution in [-0.2, 0) is 0 Å². The van der Waals surface area contributed by atoms with Crippen molar-refractivity contribution in [3.63, 3.8) is 0 Å². The third-order valence-corrected chi connectivity index (χ3v) is 3.73. The lowest BCUT2D eigenvalue weighted by molar-refractivity contribution is 0.405. The Morgan fingerprint density at radius 3 is 1.17 bits per heavy atom. The first-order valence-corrected chi connectivity index (χ1v) is 7.52. The van der Waals surface area contributed by atoms with Crippen LogP contribution in [0.4, 0.5) is 0 Å². The zero-order valence-electron chi connectivity index (χ0n) is 14.6. The molecule has 0 N–H and O–H groups in total. The van der Waals surface area contributed by atoms with E-state index in [9.17, 15) is 0 Å². The average molecular weight is 314 g/mol. The van der Waals surface area contributed by atoms with Crippen molar-refractivity contribution in [3.8, 4) is 23.0 Å². The maximum absolute atomic E-state index is 5.70. The van der Waals surface area contributed by atoms with Gasteiger partial charge in [-0.2, -0.15) is 0 Å². The lowest BCUT2D eigenvalue weighted by Gasteiger charge is -2.14. The van der Waals surface area contributed by atoms with Crippen LogP contribution in [0.25, 0.3) is 0 Å². The van der Waals surface area contributed by atoms with Gasteiger partial charge >= 0.3 is 7.69 Å². The highest BCUT2D eigenvalue weighted by Gasteiger charge is 2.09. The van der Waals surface area contributed by atoms with Crippen LogP contribution in [0.15, 0.2) is 24.3 Å². The molecule has 0 aliphatic rings. The SMILES string of the molecule is COc1c(C)cc(OBOc2cc(C)c(OC)c(C)c2)cc1C. The number of rotatable bonds is 6. The van der Waals surface area contributed by atoms with Gasteiger partial charge in [-0.1, -0.05) is 0 Å². The van der Waals surface area contributed by atoms with Gasteiger partial charge in [-0.05, 0) is 74.2 Å². The molecule has 4 nitrogen and oxygen atoms in total. The molecule has 2 aromatic carbocycles. The summed E-state index contributed by atoms with van der Waals surface area (Å²) in [6.45, 7) is 7.98. The van der Waals surface area contributed by atoms with Crippen LogP contribution in [0.2, 0.25) is 0 Å². The smallest absolute Gasteiger partial charge is 0.529 e. The van der Waals surface area contributed by atoms with Gasteiger partial charge in [-0.15, -0.1) is 0 Å². The molecule has 0 aromatic heterocycles. The first kappa shape index (κ1) is 17.1. The molecule has 0 aliphatic carbocycles. The Morgan fingerprint density at radius 2 is 0.913 bits per heavy atom. The Bertz CT molecular complexity index is 592. The van der Waals surface area contributed by atoms with Gasteiger partial charge in [0.2, 0.25) is 0 Å². The van der Waals surface area contributed by atoms with Crippen LogP contribution in [0.1, 0.15) is 22.3 Å². The van der Waals surface area contributed by atoms with Crippen molar-refractivity contribution in [2.24, 2.45) is 0 Å². The molecule has 0 atom stereocenters. The number of benzene rings is 2. The molecule has 0 saturated carbocycles. The second kappa shape index (κ2) is 7.31. The second-order valence-electron chi connectivity index (χ2n) is 5.59. The third kappa shape index (κ3) is 3.92. The van der Waals surface area contributed by atoms with Crippen molar-refractivity contribution >= 4 is 7.69 Å². The van der Waals surface area contributed by atoms with E-state index in [-0.39, 0.29) is 7.69 Å². The molecule has 0 spiro atoms. The third-order valence-electron chi connectivity index (χ3n) is 3.73. The monoisotopic (exact) mass is 314 g/mol. The summed E-state index contributed by atoms with van der Waals surface area (Å²) < 4.78 is 22.1. The molecule has 0 unspecified atom stereocenters. The summed E-state index contributed by atoms with van der Waals surface area (Å²) in [5, 5.41) is 0. The van der Waals surface area contributed by atoms with E-state index in [1.54, 1.807) is 14.2 Å². The minimum atomic E-state index is 0.149. The largest absolute Gasteiger partial charge is 0.576 e. The Balaban J connectivity index is 2.03. The first-order valence-electron chi connectivity index (χ1n) is 7.52. The number of methoxy groups -OCH3 is 2. The molecule has 0 fully saturated rings. The minimum absolute atomic E-state index is 0.149. The van der Waals surface area contributed by atoms with Gasteiger partial charge < -0.3 is 18.8 Å². The van der Waals surface area contributed by atoms with E-state index in [4.69, 9.17) is 18.8 Å². The highest BCUT2D eigenvalue weighted by atomic mass is 16.6. The van der Waals surface area contributed by atoms with E-state index in [0.29, 0.717) is 0 Å². The van der Waals surface area contributed by atoms with Gasteiger partial charge in [0.05, 0.1) is 14.2 Å². The quantitative estimate of drug-likeness (QED) is 0.763. The summed E-state index contributed by atoms with van der Waals surface area (Å²) >= 11 is 0. The van der Waals surface area contributed by atoms with Crippen molar-refractivity contribution in [2.75, 3.05) is 14.2 Å². The molecule has 0 bridgehead atoms. The van der Waals surface area contributed by atoms with Crippen molar-refractivity contribution in [1.82, 2.24) is 0 Å². The van der Waals surface area contributed by atoms with Gasteiger partial charge in [0, 0.05) is 0 Å². The van der Waals surface area contributed by atoms with Crippen LogP contribution >= 0.6 is 0 Å². The Morgan fingerprint density at radius 1 is 0.609 bits per heavy atom. The van der Waals surface area contributed by atoms with Gasteiger partial charge in [-0.3, -0.25) is 0 Å². The molecule has 5 heteroatoms. The Hall–Kier alpha value is -2.30. The maximum Gasteiger partial charge on any atom is 0.576 e. The molecular weight excluding hydrogens is 291 g/mol. The molecule has 0 saturated heterocycles. The highest BCUT2D eigenvalue weighted by Crippen LogP contribution is 2.29. The van der Waals surface area contributed by atoms with E-state index in [0.717, 1.165) is 45.3 Å². The normalized spacial score (nSPS) is 10.2. The molecule has 0 heterocycles. The summed E-state index contributed by atoms with van der Waals surface area (Å²) in [7, 11) is 3.50. The fraction of sp³-hybridized carbons (Fsp3) is 0.333. The van der Waals surface area contributed by atoms with E-state index in [1.807, 2.05) is 52.0 Å². The fourth-order valence-electron chi connectivity index (χ4n) is 2.80. The number of hydrogen-bond acceptors (Lipinski definition) is 4. The maximum atomic E-state index is 5.70. The van der Waals surface area contributed by atoms with Crippen molar-refractivity contribution < 1.29 is 18.8 Å². The number of ether oxygens (including phenoxy) is 2. The molecule has 0 aliphatic heterocycles. The Labute approximate surface area is 138 Å². The van der Waals surface area contributed by atoms with E-state index < -0.39 is 0 Å². The second-order valence-corrected chi connectivity index (χ2v) is 5.59. The van der Waals surface area contributed by atoms with Crippen LogP contribution < -0.4 is 18.8 Å². The van der Waals surface area contributed by atoms with Crippen LogP contribution in [0.5, 0.6) is 23.0 Å². The first-order chi connectivity index (χ1) is 11.0. The lowest BCUT2D eigenvalue weighted by atomic mass is 10.1. The van der Waals surface area contributed by atoms with Gasteiger partial charge in [0.25, 0.3) is 0 Å². The van der Waals surface area contributed by atoms with Crippen LogP contribution in [0.3, 0.4) is 0 Å². The zero-order valence-corrected chi connectivity index (χ0v) is 14.6. The van der Waals surface area contributed by atoms with Crippen LogP contribution in [0, 0.1) is 27.7 Å². The fourth-order valence-corrected chi connectivity index (χ4v) is 2.80. The van der Waals surface area contributed by atoms with E-state index >= 15 is 0 Å². The molecule has 23 heavy (non-hydrogen) atoms. The van der Waals surface area contributed by atoms with Crippen molar-refractivity contribution in [3.05, 3.63) is 46.5 Å². The zero-order chi connectivity index (χ0) is 17.0. The van der Waals surface area contributed by atoms with Crippen LogP contribution in [-0.4, -0.2) is 21.9 Å². The van der Waals surface area contributed by atoms with Gasteiger partial charge in [-0.25, -0.2) is 0 Å². The molecular formula is C18H23BO4. The molecule has 2 rings (SSSR count). The lowest BCUT2D eigenvalue weighted by Crippen LogP contribution is -2.11. The summed E-state index contributed by atoms with van der Waals surface area (Å²) in [6, 6.07) is 7.78. The van der Waals surface area contributed by atoms with E-state index in [2.05, 4.69) is 0 Å². The summed E-state index contributed by atoms with van der Waals surface area (Å²) in [6.07, 6.45) is 0. The molecule has 0 amide bonds. The summed E-state index contributed by atoms with van der Waals surface area (Å²) in [5.74, 6) is 3.31. The van der Waals surface area contributed by atoms with Crippen molar-refractivity contribution in [1.29, 1.82) is 0 Å². The molecule has 2 aromatic rings. The van der Waals surface area contributed by atoms with Crippen molar-refractivity contribution in [2.45, 2.75) is 27.7 Å². The predicted octanol–water partition coefficient (Wildman–Crippen LogP) is 3.66. The van der Waals surface area contributed by atoms with Gasteiger partial charge in [0.15, 0.2) is 0 Å². The summed E-state index contributed by atoms with van der Waals surface area (Å²) in [4.78, 5) is 0. The average Bonchev–Trinajstić information content (AvgIpc) is 2.46. The summed E-state index contributed by atoms with van der Waals surface area (Å²) in [5.41, 5.74) is 4.16.